The Hall–Kier alpha value is -1.26. The van der Waals surface area contributed by atoms with Gasteiger partial charge in [0, 0.05) is 0 Å². The first-order valence-electron chi connectivity index (χ1n) is 5.69. The van der Waals surface area contributed by atoms with Gasteiger partial charge in [-0.2, -0.15) is 0 Å². The minimum atomic E-state index is -1.03. The second-order valence-electron chi connectivity index (χ2n) is 3.84. The van der Waals surface area contributed by atoms with Gasteiger partial charge < -0.3 is 15.2 Å². The molecule has 0 saturated carbocycles. The van der Waals surface area contributed by atoms with E-state index in [-0.39, 0.29) is 5.92 Å². The van der Waals surface area contributed by atoms with Crippen LogP contribution in [0.15, 0.2) is 0 Å². The minimum absolute atomic E-state index is 0.115. The van der Waals surface area contributed by atoms with Crippen LogP contribution in [-0.2, 0) is 9.53 Å². The maximum Gasteiger partial charge on any atom is 0.407 e. The monoisotopic (exact) mass is 231 g/mol. The van der Waals surface area contributed by atoms with Crippen LogP contribution in [-0.4, -0.2) is 29.8 Å². The second-order valence-corrected chi connectivity index (χ2v) is 3.84. The molecule has 0 aliphatic rings. The van der Waals surface area contributed by atoms with Gasteiger partial charge in [0.25, 0.3) is 0 Å². The fraction of sp³-hybridized carbons (Fsp3) is 0.818. The summed E-state index contributed by atoms with van der Waals surface area (Å²) in [6.45, 7) is 5.98. The number of hydrogen-bond acceptors (Lipinski definition) is 3. The molecule has 0 bridgehead atoms. The fourth-order valence-corrected chi connectivity index (χ4v) is 1.16. The number of aliphatic carboxylic acids is 1. The van der Waals surface area contributed by atoms with E-state index < -0.39 is 18.1 Å². The SMILES string of the molecule is CCCCOC(=O)N[C@H](C(=O)O)[C@@H](C)CC. The molecule has 0 fully saturated rings. The van der Waals surface area contributed by atoms with E-state index in [4.69, 9.17) is 9.84 Å². The zero-order chi connectivity index (χ0) is 12.6. The molecule has 0 radical (unpaired) electrons. The molecule has 0 rings (SSSR count). The number of carbonyl (C=O) groups is 2. The van der Waals surface area contributed by atoms with Gasteiger partial charge in [-0.3, -0.25) is 0 Å². The number of unbranched alkanes of at least 4 members (excludes halogenated alkanes) is 1. The van der Waals surface area contributed by atoms with E-state index in [0.29, 0.717) is 13.0 Å². The standard InChI is InChI=1S/C11H21NO4/c1-4-6-7-16-11(15)12-9(10(13)14)8(3)5-2/h8-9H,4-7H2,1-3H3,(H,12,15)(H,13,14)/t8-,9-/m0/s1. The maximum atomic E-state index is 11.3. The molecule has 0 saturated heterocycles. The number of hydrogen-bond donors (Lipinski definition) is 2. The maximum absolute atomic E-state index is 11.3. The van der Waals surface area contributed by atoms with Crippen molar-refractivity contribution >= 4 is 12.1 Å². The number of amides is 1. The van der Waals surface area contributed by atoms with Crippen molar-refractivity contribution < 1.29 is 19.4 Å². The Balaban J connectivity index is 4.09. The second kappa shape index (κ2) is 7.96. The molecular weight excluding hydrogens is 210 g/mol. The Kier molecular flexibility index (Phi) is 7.33. The lowest BCUT2D eigenvalue weighted by molar-refractivity contribution is -0.140. The number of rotatable bonds is 7. The summed E-state index contributed by atoms with van der Waals surface area (Å²) in [5.74, 6) is -1.14. The van der Waals surface area contributed by atoms with Crippen molar-refractivity contribution in [2.75, 3.05) is 6.61 Å². The normalized spacial score (nSPS) is 13.9. The molecule has 5 heteroatoms. The lowest BCUT2D eigenvalue weighted by Gasteiger charge is -2.19. The van der Waals surface area contributed by atoms with Crippen molar-refractivity contribution in [3.05, 3.63) is 0 Å². The van der Waals surface area contributed by atoms with Gasteiger partial charge in [0.1, 0.15) is 6.04 Å². The van der Waals surface area contributed by atoms with Crippen LogP contribution in [0.4, 0.5) is 4.79 Å². The van der Waals surface area contributed by atoms with Crippen molar-refractivity contribution in [3.8, 4) is 0 Å². The van der Waals surface area contributed by atoms with Crippen molar-refractivity contribution in [1.82, 2.24) is 5.32 Å². The number of carboxylic acid groups (broad SMARTS) is 1. The molecule has 94 valence electrons. The molecular formula is C11H21NO4. The van der Waals surface area contributed by atoms with Crippen LogP contribution in [0.1, 0.15) is 40.0 Å². The summed E-state index contributed by atoms with van der Waals surface area (Å²) in [4.78, 5) is 22.2. The number of alkyl carbamates (subject to hydrolysis) is 1. The zero-order valence-corrected chi connectivity index (χ0v) is 10.2. The molecule has 0 unspecified atom stereocenters. The molecule has 0 aliphatic heterocycles. The summed E-state index contributed by atoms with van der Waals surface area (Å²) in [6, 6.07) is -0.876. The van der Waals surface area contributed by atoms with E-state index in [0.717, 1.165) is 12.8 Å². The summed E-state index contributed by atoms with van der Waals surface area (Å²) in [7, 11) is 0. The highest BCUT2D eigenvalue weighted by Gasteiger charge is 2.25. The topological polar surface area (TPSA) is 75.6 Å². The Morgan fingerprint density at radius 2 is 2.00 bits per heavy atom. The average molecular weight is 231 g/mol. The van der Waals surface area contributed by atoms with E-state index in [2.05, 4.69) is 5.32 Å². The Morgan fingerprint density at radius 3 is 2.44 bits per heavy atom. The van der Waals surface area contributed by atoms with Gasteiger partial charge in [-0.1, -0.05) is 33.6 Å². The third-order valence-electron chi connectivity index (χ3n) is 2.48. The molecule has 0 aliphatic carbocycles. The van der Waals surface area contributed by atoms with Crippen LogP contribution in [0.5, 0.6) is 0 Å². The predicted molar refractivity (Wildman–Crippen MR) is 60.3 cm³/mol. The molecule has 0 spiro atoms. The molecule has 0 aromatic rings. The quantitative estimate of drug-likeness (QED) is 0.657. The Morgan fingerprint density at radius 1 is 1.38 bits per heavy atom. The van der Waals surface area contributed by atoms with Gasteiger partial charge in [0.2, 0.25) is 0 Å². The van der Waals surface area contributed by atoms with E-state index in [1.54, 1.807) is 6.92 Å². The van der Waals surface area contributed by atoms with Gasteiger partial charge in [-0.15, -0.1) is 0 Å². The Labute approximate surface area is 96.2 Å². The lowest BCUT2D eigenvalue weighted by Crippen LogP contribution is -2.45. The molecule has 0 aromatic heterocycles. The van der Waals surface area contributed by atoms with Crippen LogP contribution in [0.25, 0.3) is 0 Å². The van der Waals surface area contributed by atoms with Gasteiger partial charge in [-0.05, 0) is 12.3 Å². The number of nitrogens with one attached hydrogen (secondary N) is 1. The smallest absolute Gasteiger partial charge is 0.407 e. The number of ether oxygens (including phenoxy) is 1. The summed E-state index contributed by atoms with van der Waals surface area (Å²) in [5, 5.41) is 11.3. The fourth-order valence-electron chi connectivity index (χ4n) is 1.16. The predicted octanol–water partition coefficient (Wildman–Crippen LogP) is 2.01. The molecule has 5 nitrogen and oxygen atoms in total. The van der Waals surface area contributed by atoms with Crippen molar-refractivity contribution in [2.45, 2.75) is 46.1 Å². The third-order valence-corrected chi connectivity index (χ3v) is 2.48. The summed E-state index contributed by atoms with van der Waals surface area (Å²) >= 11 is 0. The molecule has 2 N–H and O–H groups in total. The van der Waals surface area contributed by atoms with Crippen LogP contribution in [0.3, 0.4) is 0 Å². The highest BCUT2D eigenvalue weighted by molar-refractivity contribution is 5.80. The van der Waals surface area contributed by atoms with Gasteiger partial charge in [-0.25, -0.2) is 9.59 Å². The number of carboxylic acids is 1. The first-order chi connectivity index (χ1) is 7.52. The molecule has 1 amide bonds. The van der Waals surface area contributed by atoms with Crippen LogP contribution in [0.2, 0.25) is 0 Å². The Bertz CT molecular complexity index is 230. The van der Waals surface area contributed by atoms with Crippen LogP contribution >= 0.6 is 0 Å². The highest BCUT2D eigenvalue weighted by Crippen LogP contribution is 2.08. The van der Waals surface area contributed by atoms with Gasteiger partial charge in [0.15, 0.2) is 0 Å². The highest BCUT2D eigenvalue weighted by atomic mass is 16.5. The largest absolute Gasteiger partial charge is 0.480 e. The number of carbonyl (C=O) groups excluding carboxylic acids is 1. The van der Waals surface area contributed by atoms with Crippen molar-refractivity contribution in [2.24, 2.45) is 5.92 Å². The molecule has 0 heterocycles. The van der Waals surface area contributed by atoms with E-state index in [1.165, 1.54) is 0 Å². The average Bonchev–Trinajstić information content (AvgIpc) is 2.25. The lowest BCUT2D eigenvalue weighted by atomic mass is 10.00. The third kappa shape index (κ3) is 5.58. The first kappa shape index (κ1) is 14.7. The molecule has 2 atom stereocenters. The zero-order valence-electron chi connectivity index (χ0n) is 10.2. The van der Waals surface area contributed by atoms with Gasteiger partial charge >= 0.3 is 12.1 Å². The van der Waals surface area contributed by atoms with Gasteiger partial charge in [0.05, 0.1) is 6.61 Å². The van der Waals surface area contributed by atoms with Crippen LogP contribution in [0, 0.1) is 5.92 Å². The van der Waals surface area contributed by atoms with E-state index >= 15 is 0 Å². The molecule has 16 heavy (non-hydrogen) atoms. The van der Waals surface area contributed by atoms with Crippen molar-refractivity contribution in [1.29, 1.82) is 0 Å². The first-order valence-corrected chi connectivity index (χ1v) is 5.69. The van der Waals surface area contributed by atoms with E-state index in [9.17, 15) is 9.59 Å². The van der Waals surface area contributed by atoms with Crippen LogP contribution < -0.4 is 5.32 Å². The minimum Gasteiger partial charge on any atom is -0.480 e. The van der Waals surface area contributed by atoms with Crippen molar-refractivity contribution in [3.63, 3.8) is 0 Å². The summed E-state index contributed by atoms with van der Waals surface area (Å²) < 4.78 is 4.84. The van der Waals surface area contributed by atoms with E-state index in [1.807, 2.05) is 13.8 Å². The summed E-state index contributed by atoms with van der Waals surface area (Å²) in [5.41, 5.74) is 0. The molecule has 0 aromatic carbocycles. The summed E-state index contributed by atoms with van der Waals surface area (Å²) in [6.07, 6.45) is 1.75.